The highest BCUT2D eigenvalue weighted by Crippen LogP contribution is 2.12. The number of rotatable bonds is 8. The molecule has 3 N–H and O–H groups in total. The third-order valence-corrected chi connectivity index (χ3v) is 4.35. The first-order valence-corrected chi connectivity index (χ1v) is 8.60. The third-order valence-electron chi connectivity index (χ3n) is 3.44. The van der Waals surface area contributed by atoms with Gasteiger partial charge in [-0.1, -0.05) is 43.7 Å². The van der Waals surface area contributed by atoms with Gasteiger partial charge >= 0.3 is 0 Å². The second-order valence-corrected chi connectivity index (χ2v) is 6.26. The monoisotopic (exact) mass is 317 g/mol. The minimum Gasteiger partial charge on any atom is -0.348 e. The summed E-state index contributed by atoms with van der Waals surface area (Å²) in [6, 6.07) is 10.4. The van der Waals surface area contributed by atoms with Gasteiger partial charge in [0.05, 0.1) is 5.01 Å². The molecular formula is C17H23N3OS. The van der Waals surface area contributed by atoms with Crippen molar-refractivity contribution in [3.8, 4) is 0 Å². The topological polar surface area (TPSA) is 68.0 Å². The maximum atomic E-state index is 12.3. The Kier molecular flexibility index (Phi) is 6.55. The molecule has 4 nitrogen and oxygen atoms in total. The molecule has 0 radical (unpaired) electrons. The van der Waals surface area contributed by atoms with Crippen LogP contribution in [-0.2, 0) is 12.8 Å². The standard InChI is InChI=1S/C17H23N3OS/c1-2-6-14(11-13-7-4-3-5-8-13)19-17(21)15-12-22-16(20-15)9-10-18/h3-5,7-8,12,14H,2,6,9-11,18H2,1H3,(H,19,21). The molecular weight excluding hydrogens is 294 g/mol. The van der Waals surface area contributed by atoms with E-state index >= 15 is 0 Å². The van der Waals surface area contributed by atoms with E-state index in [0.29, 0.717) is 12.2 Å². The number of nitrogens with two attached hydrogens (primary N) is 1. The van der Waals surface area contributed by atoms with Crippen LogP contribution >= 0.6 is 11.3 Å². The molecule has 1 atom stereocenters. The van der Waals surface area contributed by atoms with Crippen LogP contribution in [0.4, 0.5) is 0 Å². The number of thiazole rings is 1. The van der Waals surface area contributed by atoms with Gasteiger partial charge in [0.25, 0.3) is 5.91 Å². The summed E-state index contributed by atoms with van der Waals surface area (Å²) in [7, 11) is 0. The van der Waals surface area contributed by atoms with Crippen molar-refractivity contribution in [2.75, 3.05) is 6.54 Å². The molecule has 5 heteroatoms. The van der Waals surface area contributed by atoms with Crippen molar-refractivity contribution in [2.45, 2.75) is 38.6 Å². The van der Waals surface area contributed by atoms with Crippen LogP contribution < -0.4 is 11.1 Å². The quantitative estimate of drug-likeness (QED) is 0.786. The Labute approximate surface area is 135 Å². The lowest BCUT2D eigenvalue weighted by Crippen LogP contribution is -2.36. The first-order valence-electron chi connectivity index (χ1n) is 7.72. The zero-order valence-corrected chi connectivity index (χ0v) is 13.7. The summed E-state index contributed by atoms with van der Waals surface area (Å²) in [5.41, 5.74) is 7.26. The van der Waals surface area contributed by atoms with Crippen LogP contribution in [0.2, 0.25) is 0 Å². The van der Waals surface area contributed by atoms with Crippen LogP contribution in [0.25, 0.3) is 0 Å². The fraction of sp³-hybridized carbons (Fsp3) is 0.412. The van der Waals surface area contributed by atoms with Crippen molar-refractivity contribution in [1.82, 2.24) is 10.3 Å². The number of nitrogens with one attached hydrogen (secondary N) is 1. The highest BCUT2D eigenvalue weighted by molar-refractivity contribution is 7.09. The zero-order valence-electron chi connectivity index (χ0n) is 12.9. The van der Waals surface area contributed by atoms with Crippen molar-refractivity contribution >= 4 is 17.2 Å². The van der Waals surface area contributed by atoms with E-state index in [1.54, 1.807) is 0 Å². The number of hydrogen-bond donors (Lipinski definition) is 2. The van der Waals surface area contributed by atoms with Crippen molar-refractivity contribution in [3.63, 3.8) is 0 Å². The molecule has 0 bridgehead atoms. The minimum atomic E-state index is -0.0890. The maximum absolute atomic E-state index is 12.3. The van der Waals surface area contributed by atoms with Gasteiger partial charge < -0.3 is 11.1 Å². The van der Waals surface area contributed by atoms with E-state index < -0.39 is 0 Å². The average molecular weight is 317 g/mol. The average Bonchev–Trinajstić information content (AvgIpc) is 2.98. The van der Waals surface area contributed by atoms with Crippen LogP contribution in [0.15, 0.2) is 35.7 Å². The first-order chi connectivity index (χ1) is 10.7. The van der Waals surface area contributed by atoms with Gasteiger partial charge in [-0.15, -0.1) is 11.3 Å². The molecule has 0 aliphatic rings. The molecule has 0 saturated heterocycles. The summed E-state index contributed by atoms with van der Waals surface area (Å²) in [4.78, 5) is 16.7. The van der Waals surface area contributed by atoms with E-state index in [0.717, 1.165) is 30.7 Å². The number of benzene rings is 1. The van der Waals surface area contributed by atoms with E-state index in [4.69, 9.17) is 5.73 Å². The lowest BCUT2D eigenvalue weighted by molar-refractivity contribution is 0.0930. The van der Waals surface area contributed by atoms with Crippen molar-refractivity contribution < 1.29 is 4.79 Å². The van der Waals surface area contributed by atoms with Gasteiger partial charge in [-0.25, -0.2) is 4.98 Å². The van der Waals surface area contributed by atoms with Gasteiger partial charge in [0.2, 0.25) is 0 Å². The summed E-state index contributed by atoms with van der Waals surface area (Å²) < 4.78 is 0. The maximum Gasteiger partial charge on any atom is 0.270 e. The SMILES string of the molecule is CCCC(Cc1ccccc1)NC(=O)c1csc(CCN)n1. The fourth-order valence-corrected chi connectivity index (χ4v) is 3.18. The molecule has 0 aliphatic heterocycles. The summed E-state index contributed by atoms with van der Waals surface area (Å²) in [5, 5.41) is 5.84. The Morgan fingerprint density at radius 1 is 1.36 bits per heavy atom. The molecule has 1 heterocycles. The Balaban J connectivity index is 1.98. The Morgan fingerprint density at radius 3 is 2.82 bits per heavy atom. The highest BCUT2D eigenvalue weighted by Gasteiger charge is 2.16. The second-order valence-electron chi connectivity index (χ2n) is 5.31. The molecule has 118 valence electrons. The van der Waals surface area contributed by atoms with Crippen LogP contribution in [0.5, 0.6) is 0 Å². The molecule has 1 aromatic carbocycles. The van der Waals surface area contributed by atoms with Gasteiger partial charge in [0.1, 0.15) is 5.69 Å². The largest absolute Gasteiger partial charge is 0.348 e. The number of amides is 1. The predicted molar refractivity (Wildman–Crippen MR) is 91.2 cm³/mol. The lowest BCUT2D eigenvalue weighted by Gasteiger charge is -2.17. The van der Waals surface area contributed by atoms with E-state index in [1.165, 1.54) is 16.9 Å². The zero-order chi connectivity index (χ0) is 15.8. The Hall–Kier alpha value is -1.72. The second kappa shape index (κ2) is 8.66. The molecule has 1 aromatic heterocycles. The molecule has 22 heavy (non-hydrogen) atoms. The Bertz CT molecular complexity index is 583. The van der Waals surface area contributed by atoms with Gasteiger partial charge in [-0.05, 0) is 24.9 Å². The van der Waals surface area contributed by atoms with Crippen LogP contribution in [0.1, 0.15) is 40.8 Å². The van der Waals surface area contributed by atoms with E-state index in [-0.39, 0.29) is 11.9 Å². The third kappa shape index (κ3) is 4.93. The van der Waals surface area contributed by atoms with Crippen LogP contribution in [-0.4, -0.2) is 23.5 Å². The normalized spacial score (nSPS) is 12.1. The summed E-state index contributed by atoms with van der Waals surface area (Å²) >= 11 is 1.49. The molecule has 0 saturated carbocycles. The molecule has 0 aliphatic carbocycles. The van der Waals surface area contributed by atoms with Gasteiger partial charge in [0, 0.05) is 17.8 Å². The molecule has 1 unspecified atom stereocenters. The van der Waals surface area contributed by atoms with Gasteiger partial charge in [0.15, 0.2) is 0 Å². The molecule has 0 fully saturated rings. The van der Waals surface area contributed by atoms with Crippen LogP contribution in [0, 0.1) is 0 Å². The van der Waals surface area contributed by atoms with E-state index in [9.17, 15) is 4.79 Å². The summed E-state index contributed by atoms with van der Waals surface area (Å²) in [6.07, 6.45) is 3.56. The van der Waals surface area contributed by atoms with E-state index in [2.05, 4.69) is 29.4 Å². The van der Waals surface area contributed by atoms with Crippen molar-refractivity contribution in [3.05, 3.63) is 52.0 Å². The minimum absolute atomic E-state index is 0.0890. The first kappa shape index (κ1) is 16.6. The van der Waals surface area contributed by atoms with Gasteiger partial charge in [-0.2, -0.15) is 0 Å². The smallest absolute Gasteiger partial charge is 0.270 e. The Morgan fingerprint density at radius 2 is 2.14 bits per heavy atom. The highest BCUT2D eigenvalue weighted by atomic mass is 32.1. The number of carbonyl (C=O) groups excluding carboxylic acids is 1. The number of nitrogens with zero attached hydrogens (tertiary/aromatic N) is 1. The predicted octanol–water partition coefficient (Wildman–Crippen LogP) is 2.79. The fourth-order valence-electron chi connectivity index (χ4n) is 2.39. The van der Waals surface area contributed by atoms with Crippen molar-refractivity contribution in [1.29, 1.82) is 0 Å². The summed E-state index contributed by atoms with van der Waals surface area (Å²) in [6.45, 7) is 2.69. The lowest BCUT2D eigenvalue weighted by atomic mass is 10.0. The number of carbonyl (C=O) groups is 1. The van der Waals surface area contributed by atoms with Crippen LogP contribution in [0.3, 0.4) is 0 Å². The van der Waals surface area contributed by atoms with Gasteiger partial charge in [-0.3, -0.25) is 4.79 Å². The molecule has 1 amide bonds. The molecule has 2 rings (SSSR count). The number of hydrogen-bond acceptors (Lipinski definition) is 4. The number of aromatic nitrogens is 1. The molecule has 2 aromatic rings. The molecule has 0 spiro atoms. The van der Waals surface area contributed by atoms with E-state index in [1.807, 2.05) is 23.6 Å². The van der Waals surface area contributed by atoms with Crippen molar-refractivity contribution in [2.24, 2.45) is 5.73 Å². The summed E-state index contributed by atoms with van der Waals surface area (Å²) in [5.74, 6) is -0.0890.